The first-order valence-electron chi connectivity index (χ1n) is 9.06. The van der Waals surface area contributed by atoms with Crippen molar-refractivity contribution in [2.24, 2.45) is 0 Å². The summed E-state index contributed by atoms with van der Waals surface area (Å²) in [6.45, 7) is 0. The number of ether oxygens (including phenoxy) is 1. The number of rotatable bonds is 4. The fourth-order valence-electron chi connectivity index (χ4n) is 3.34. The molecule has 29 heavy (non-hydrogen) atoms. The molecule has 0 saturated heterocycles. The van der Waals surface area contributed by atoms with Crippen molar-refractivity contribution >= 4 is 33.4 Å². The Bertz CT molecular complexity index is 1340. The maximum atomic E-state index is 9.98. The summed E-state index contributed by atoms with van der Waals surface area (Å²) in [7, 11) is 1.51. The summed E-state index contributed by atoms with van der Waals surface area (Å²) in [5, 5.41) is 20.7. The summed E-state index contributed by atoms with van der Waals surface area (Å²) in [5.74, 6) is 0.851. The van der Waals surface area contributed by atoms with E-state index in [4.69, 9.17) is 4.74 Å². The van der Waals surface area contributed by atoms with Crippen molar-refractivity contribution in [3.63, 3.8) is 0 Å². The Morgan fingerprint density at radius 3 is 2.69 bits per heavy atom. The van der Waals surface area contributed by atoms with Gasteiger partial charge in [-0.1, -0.05) is 36.4 Å². The number of nitrogens with zero attached hydrogens (tertiary/aromatic N) is 4. The minimum Gasteiger partial charge on any atom is -0.504 e. The number of phenols is 1. The molecule has 0 amide bonds. The molecule has 5 rings (SSSR count). The Hall–Kier alpha value is -4.13. The SMILES string of the molecule is COc1ccc(Nc2ncc3cnn(-c4cccc5ccccc45)c3n2)cc1O. The lowest BCUT2D eigenvalue weighted by atomic mass is 10.1. The summed E-state index contributed by atoms with van der Waals surface area (Å²) in [5.41, 5.74) is 2.29. The molecule has 142 valence electrons. The van der Waals surface area contributed by atoms with E-state index in [-0.39, 0.29) is 5.75 Å². The van der Waals surface area contributed by atoms with Crippen LogP contribution in [0.4, 0.5) is 11.6 Å². The van der Waals surface area contributed by atoms with Crippen LogP contribution < -0.4 is 10.1 Å². The van der Waals surface area contributed by atoms with Gasteiger partial charge in [0.15, 0.2) is 17.1 Å². The number of hydrogen-bond donors (Lipinski definition) is 2. The number of aromatic nitrogens is 4. The van der Waals surface area contributed by atoms with Crippen molar-refractivity contribution in [1.29, 1.82) is 0 Å². The topological polar surface area (TPSA) is 85.1 Å². The quantitative estimate of drug-likeness (QED) is 0.478. The van der Waals surface area contributed by atoms with E-state index in [9.17, 15) is 5.11 Å². The third-order valence-electron chi connectivity index (χ3n) is 4.74. The Labute approximate surface area is 166 Å². The molecule has 0 aliphatic heterocycles. The predicted octanol–water partition coefficient (Wildman–Crippen LogP) is 4.43. The average molecular weight is 383 g/mol. The van der Waals surface area contributed by atoms with Crippen molar-refractivity contribution in [3.8, 4) is 17.2 Å². The van der Waals surface area contributed by atoms with E-state index in [1.54, 1.807) is 30.6 Å². The fraction of sp³-hybridized carbons (Fsp3) is 0.0455. The normalized spacial score (nSPS) is 11.1. The number of fused-ring (bicyclic) bond motifs is 2. The van der Waals surface area contributed by atoms with Gasteiger partial charge in [-0.25, -0.2) is 9.67 Å². The van der Waals surface area contributed by atoms with E-state index in [1.165, 1.54) is 7.11 Å². The highest BCUT2D eigenvalue weighted by Crippen LogP contribution is 2.30. The lowest BCUT2D eigenvalue weighted by Crippen LogP contribution is -2.02. The summed E-state index contributed by atoms with van der Waals surface area (Å²) >= 11 is 0. The summed E-state index contributed by atoms with van der Waals surface area (Å²) in [4.78, 5) is 9.01. The number of aromatic hydroxyl groups is 1. The van der Waals surface area contributed by atoms with Crippen LogP contribution in [-0.2, 0) is 0 Å². The van der Waals surface area contributed by atoms with Crippen molar-refractivity contribution in [3.05, 3.63) is 73.1 Å². The summed E-state index contributed by atoms with van der Waals surface area (Å²) in [6.07, 6.45) is 3.47. The van der Waals surface area contributed by atoms with E-state index in [2.05, 4.69) is 38.6 Å². The molecule has 0 aliphatic carbocycles. The number of nitrogens with one attached hydrogen (secondary N) is 1. The number of hydrogen-bond acceptors (Lipinski definition) is 6. The Morgan fingerprint density at radius 2 is 1.83 bits per heavy atom. The van der Waals surface area contributed by atoms with Crippen LogP contribution in [0.25, 0.3) is 27.5 Å². The van der Waals surface area contributed by atoms with Gasteiger partial charge in [-0.05, 0) is 23.6 Å². The molecule has 0 aliphatic rings. The van der Waals surface area contributed by atoms with Gasteiger partial charge in [0, 0.05) is 23.3 Å². The molecule has 0 saturated carbocycles. The molecule has 0 fully saturated rings. The van der Waals surface area contributed by atoms with Gasteiger partial charge in [0.25, 0.3) is 0 Å². The van der Waals surface area contributed by atoms with Crippen LogP contribution in [0.3, 0.4) is 0 Å². The number of anilines is 2. The number of phenolic OH excluding ortho intramolecular Hbond substituents is 1. The summed E-state index contributed by atoms with van der Waals surface area (Å²) in [6, 6.07) is 19.3. The minimum atomic E-state index is 0.0411. The van der Waals surface area contributed by atoms with E-state index in [0.717, 1.165) is 21.8 Å². The van der Waals surface area contributed by atoms with Crippen LogP contribution in [-0.4, -0.2) is 32.0 Å². The molecule has 2 heterocycles. The van der Waals surface area contributed by atoms with Gasteiger partial charge in [-0.15, -0.1) is 0 Å². The van der Waals surface area contributed by atoms with Crippen LogP contribution in [0.5, 0.6) is 11.5 Å². The van der Waals surface area contributed by atoms with Gasteiger partial charge in [-0.3, -0.25) is 0 Å². The monoisotopic (exact) mass is 383 g/mol. The Kier molecular flexibility index (Phi) is 3.98. The van der Waals surface area contributed by atoms with Crippen LogP contribution in [0, 0.1) is 0 Å². The first kappa shape index (κ1) is 17.0. The van der Waals surface area contributed by atoms with Crippen LogP contribution in [0.2, 0.25) is 0 Å². The van der Waals surface area contributed by atoms with E-state index < -0.39 is 0 Å². The van der Waals surface area contributed by atoms with Crippen LogP contribution in [0.15, 0.2) is 73.1 Å². The second-order valence-electron chi connectivity index (χ2n) is 6.54. The molecular formula is C22H17N5O2. The zero-order valence-electron chi connectivity index (χ0n) is 15.6. The molecule has 0 unspecified atom stereocenters. The largest absolute Gasteiger partial charge is 0.504 e. The highest BCUT2D eigenvalue weighted by Gasteiger charge is 2.11. The molecular weight excluding hydrogens is 366 g/mol. The van der Waals surface area contributed by atoms with Gasteiger partial charge in [0.1, 0.15) is 0 Å². The fourth-order valence-corrected chi connectivity index (χ4v) is 3.34. The number of benzene rings is 3. The van der Waals surface area contributed by atoms with Crippen molar-refractivity contribution in [2.45, 2.75) is 0 Å². The molecule has 0 bridgehead atoms. The van der Waals surface area contributed by atoms with Gasteiger partial charge in [-0.2, -0.15) is 10.1 Å². The van der Waals surface area contributed by atoms with Crippen molar-refractivity contribution < 1.29 is 9.84 Å². The molecule has 7 heteroatoms. The highest BCUT2D eigenvalue weighted by molar-refractivity contribution is 5.91. The molecule has 0 spiro atoms. The third kappa shape index (κ3) is 2.98. The number of methoxy groups -OCH3 is 1. The van der Waals surface area contributed by atoms with E-state index in [0.29, 0.717) is 23.0 Å². The predicted molar refractivity (Wildman–Crippen MR) is 112 cm³/mol. The van der Waals surface area contributed by atoms with E-state index >= 15 is 0 Å². The molecule has 7 nitrogen and oxygen atoms in total. The van der Waals surface area contributed by atoms with Gasteiger partial charge < -0.3 is 15.2 Å². The Morgan fingerprint density at radius 1 is 0.966 bits per heavy atom. The lowest BCUT2D eigenvalue weighted by molar-refractivity contribution is 0.373. The average Bonchev–Trinajstić information content (AvgIpc) is 3.16. The van der Waals surface area contributed by atoms with Crippen molar-refractivity contribution in [2.75, 3.05) is 12.4 Å². The lowest BCUT2D eigenvalue weighted by Gasteiger charge is -2.09. The molecule has 0 atom stereocenters. The van der Waals surface area contributed by atoms with E-state index in [1.807, 2.05) is 28.9 Å². The molecule has 2 N–H and O–H groups in total. The molecule has 0 radical (unpaired) electrons. The minimum absolute atomic E-state index is 0.0411. The summed E-state index contributed by atoms with van der Waals surface area (Å²) < 4.78 is 6.89. The molecule has 5 aromatic rings. The maximum absolute atomic E-state index is 9.98. The first-order valence-corrected chi connectivity index (χ1v) is 9.06. The zero-order chi connectivity index (χ0) is 19.8. The first-order chi connectivity index (χ1) is 14.2. The smallest absolute Gasteiger partial charge is 0.229 e. The maximum Gasteiger partial charge on any atom is 0.229 e. The van der Waals surface area contributed by atoms with Gasteiger partial charge in [0.2, 0.25) is 5.95 Å². The molecule has 2 aromatic heterocycles. The standard InChI is InChI=1S/C22H17N5O2/c1-29-20-10-9-16(11-19(20)28)25-22-23-12-15-13-24-27(21(15)26-22)18-8-4-6-14-5-2-3-7-17(14)18/h2-13,28H,1H3,(H,23,25,26). The molecule has 3 aromatic carbocycles. The second kappa shape index (κ2) is 6.79. The third-order valence-corrected chi connectivity index (χ3v) is 4.74. The van der Waals surface area contributed by atoms with Gasteiger partial charge in [0.05, 0.1) is 24.4 Å². The second-order valence-corrected chi connectivity index (χ2v) is 6.54. The van der Waals surface area contributed by atoms with Crippen molar-refractivity contribution in [1.82, 2.24) is 19.7 Å². The van der Waals surface area contributed by atoms with Crippen LogP contribution >= 0.6 is 0 Å². The Balaban J connectivity index is 1.58. The highest BCUT2D eigenvalue weighted by atomic mass is 16.5. The zero-order valence-corrected chi connectivity index (χ0v) is 15.6. The van der Waals surface area contributed by atoms with Gasteiger partial charge >= 0.3 is 0 Å². The van der Waals surface area contributed by atoms with Crippen LogP contribution in [0.1, 0.15) is 0 Å².